The van der Waals surface area contributed by atoms with E-state index < -0.39 is 0 Å². The number of rotatable bonds is 10. The number of aryl methyl sites for hydroxylation is 1. The standard InChI is InChI=1S/C29H31N3O4/c1-2-21-8-10-24(11-9-21)31-27(33)20-36-26-14-12-25(13-15-26)32-19-23(18-28(32)34)29(35)30-17-16-22-6-4-3-5-7-22/h3-15,23H,2,16-20H2,1H3,(H,30,35)(H,31,33)/t23-/m0/s1. The molecule has 1 fully saturated rings. The zero-order chi connectivity index (χ0) is 25.3. The van der Waals surface area contributed by atoms with E-state index in [4.69, 9.17) is 4.74 Å². The quantitative estimate of drug-likeness (QED) is 0.455. The van der Waals surface area contributed by atoms with Crippen LogP contribution in [0.15, 0.2) is 78.9 Å². The lowest BCUT2D eigenvalue weighted by Gasteiger charge is -2.17. The molecule has 0 bridgehead atoms. The monoisotopic (exact) mass is 485 g/mol. The Labute approximate surface area is 211 Å². The van der Waals surface area contributed by atoms with E-state index in [1.165, 1.54) is 5.56 Å². The van der Waals surface area contributed by atoms with Crippen molar-refractivity contribution in [2.45, 2.75) is 26.2 Å². The molecule has 7 heteroatoms. The molecule has 36 heavy (non-hydrogen) atoms. The molecule has 0 aliphatic carbocycles. The first-order valence-electron chi connectivity index (χ1n) is 12.3. The van der Waals surface area contributed by atoms with Gasteiger partial charge in [-0.15, -0.1) is 0 Å². The summed E-state index contributed by atoms with van der Waals surface area (Å²) in [5.41, 5.74) is 3.79. The lowest BCUT2D eigenvalue weighted by atomic mass is 10.1. The Morgan fingerprint density at radius 1 is 0.944 bits per heavy atom. The number of amides is 3. The van der Waals surface area contributed by atoms with Crippen molar-refractivity contribution in [2.75, 3.05) is 29.9 Å². The third-order valence-corrected chi connectivity index (χ3v) is 6.22. The highest BCUT2D eigenvalue weighted by Gasteiger charge is 2.34. The SMILES string of the molecule is CCc1ccc(NC(=O)COc2ccc(N3C[C@@H](C(=O)NCCc4ccccc4)CC3=O)cc2)cc1. The van der Waals surface area contributed by atoms with Crippen molar-refractivity contribution in [1.29, 1.82) is 0 Å². The minimum atomic E-state index is -0.376. The Bertz CT molecular complexity index is 1180. The van der Waals surface area contributed by atoms with Gasteiger partial charge in [0, 0.05) is 30.9 Å². The van der Waals surface area contributed by atoms with Crippen molar-refractivity contribution in [3.8, 4) is 5.75 Å². The van der Waals surface area contributed by atoms with Gasteiger partial charge < -0.3 is 20.3 Å². The van der Waals surface area contributed by atoms with Crippen molar-refractivity contribution < 1.29 is 19.1 Å². The Kier molecular flexibility index (Phi) is 8.34. The minimum absolute atomic E-state index is 0.0830. The van der Waals surface area contributed by atoms with E-state index in [2.05, 4.69) is 17.6 Å². The summed E-state index contributed by atoms with van der Waals surface area (Å²) in [7, 11) is 0. The van der Waals surface area contributed by atoms with Gasteiger partial charge in [-0.1, -0.05) is 49.4 Å². The van der Waals surface area contributed by atoms with Gasteiger partial charge in [-0.05, 0) is 60.4 Å². The predicted molar refractivity (Wildman–Crippen MR) is 140 cm³/mol. The van der Waals surface area contributed by atoms with Crippen molar-refractivity contribution >= 4 is 29.1 Å². The molecule has 186 valence electrons. The van der Waals surface area contributed by atoms with Gasteiger partial charge in [0.05, 0.1) is 5.92 Å². The molecule has 0 spiro atoms. The number of nitrogens with zero attached hydrogens (tertiary/aromatic N) is 1. The van der Waals surface area contributed by atoms with Crippen LogP contribution < -0.4 is 20.3 Å². The number of carbonyl (C=O) groups excluding carboxylic acids is 3. The molecular formula is C29H31N3O4. The number of hydrogen-bond donors (Lipinski definition) is 2. The third-order valence-electron chi connectivity index (χ3n) is 6.22. The Hall–Kier alpha value is -4.13. The van der Waals surface area contributed by atoms with Crippen LogP contribution >= 0.6 is 0 Å². The van der Waals surface area contributed by atoms with E-state index >= 15 is 0 Å². The summed E-state index contributed by atoms with van der Waals surface area (Å²) in [5.74, 6) is -0.284. The first-order chi connectivity index (χ1) is 17.5. The van der Waals surface area contributed by atoms with Crippen molar-refractivity contribution in [3.05, 3.63) is 90.0 Å². The highest BCUT2D eigenvalue weighted by atomic mass is 16.5. The molecule has 7 nitrogen and oxygen atoms in total. The summed E-state index contributed by atoms with van der Waals surface area (Å²) >= 11 is 0. The largest absolute Gasteiger partial charge is 0.484 e. The first-order valence-corrected chi connectivity index (χ1v) is 12.3. The van der Waals surface area contributed by atoms with Crippen LogP contribution in [0.3, 0.4) is 0 Å². The molecule has 1 saturated heterocycles. The van der Waals surface area contributed by atoms with Gasteiger partial charge in [0.15, 0.2) is 6.61 Å². The molecule has 2 N–H and O–H groups in total. The Morgan fingerprint density at radius 3 is 2.36 bits per heavy atom. The Balaban J connectivity index is 1.23. The van der Waals surface area contributed by atoms with Gasteiger partial charge in [0.1, 0.15) is 5.75 Å². The molecule has 4 rings (SSSR count). The highest BCUT2D eigenvalue weighted by molar-refractivity contribution is 6.00. The van der Waals surface area contributed by atoms with Crippen LogP contribution in [0.1, 0.15) is 24.5 Å². The summed E-state index contributed by atoms with van der Waals surface area (Å²) in [6.07, 6.45) is 1.88. The average Bonchev–Trinajstić information content (AvgIpc) is 3.30. The average molecular weight is 486 g/mol. The lowest BCUT2D eigenvalue weighted by molar-refractivity contribution is -0.126. The van der Waals surface area contributed by atoms with Crippen LogP contribution in [0.25, 0.3) is 0 Å². The van der Waals surface area contributed by atoms with Gasteiger partial charge in [0.25, 0.3) is 5.91 Å². The van der Waals surface area contributed by atoms with E-state index in [0.29, 0.717) is 24.5 Å². The molecule has 1 heterocycles. The van der Waals surface area contributed by atoms with E-state index in [1.807, 2.05) is 54.6 Å². The van der Waals surface area contributed by atoms with Crippen LogP contribution in [-0.2, 0) is 27.2 Å². The second-order valence-electron chi connectivity index (χ2n) is 8.81. The van der Waals surface area contributed by atoms with Crippen LogP contribution in [0.5, 0.6) is 5.75 Å². The zero-order valence-electron chi connectivity index (χ0n) is 20.4. The van der Waals surface area contributed by atoms with Crippen molar-refractivity contribution in [1.82, 2.24) is 5.32 Å². The molecular weight excluding hydrogens is 454 g/mol. The number of nitrogens with one attached hydrogen (secondary N) is 2. The number of hydrogen-bond acceptors (Lipinski definition) is 4. The highest BCUT2D eigenvalue weighted by Crippen LogP contribution is 2.27. The fourth-order valence-corrected chi connectivity index (χ4v) is 4.14. The van der Waals surface area contributed by atoms with Gasteiger partial charge in [0.2, 0.25) is 11.8 Å². The summed E-state index contributed by atoms with van der Waals surface area (Å²) in [5, 5.41) is 5.76. The molecule has 0 radical (unpaired) electrons. The van der Waals surface area contributed by atoms with E-state index in [-0.39, 0.29) is 36.7 Å². The maximum Gasteiger partial charge on any atom is 0.262 e. The maximum atomic E-state index is 12.6. The predicted octanol–water partition coefficient (Wildman–Crippen LogP) is 3.98. The van der Waals surface area contributed by atoms with Gasteiger partial charge in [-0.2, -0.15) is 0 Å². The van der Waals surface area contributed by atoms with E-state index in [1.54, 1.807) is 29.2 Å². The fraction of sp³-hybridized carbons (Fsp3) is 0.276. The number of benzene rings is 3. The fourth-order valence-electron chi connectivity index (χ4n) is 4.14. The molecule has 1 aliphatic heterocycles. The normalized spacial score (nSPS) is 15.0. The molecule has 0 unspecified atom stereocenters. The second kappa shape index (κ2) is 12.0. The summed E-state index contributed by atoms with van der Waals surface area (Å²) < 4.78 is 5.59. The first kappa shape index (κ1) is 25.0. The number of carbonyl (C=O) groups is 3. The van der Waals surface area contributed by atoms with Crippen molar-refractivity contribution in [3.63, 3.8) is 0 Å². The molecule has 1 aliphatic rings. The maximum absolute atomic E-state index is 12.6. The third kappa shape index (κ3) is 6.72. The van der Waals surface area contributed by atoms with E-state index in [9.17, 15) is 14.4 Å². The molecule has 0 aromatic heterocycles. The molecule has 0 saturated carbocycles. The molecule has 3 aromatic rings. The van der Waals surface area contributed by atoms with Gasteiger partial charge in [-0.25, -0.2) is 0 Å². The van der Waals surface area contributed by atoms with Crippen LogP contribution in [0.4, 0.5) is 11.4 Å². The second-order valence-corrected chi connectivity index (χ2v) is 8.81. The van der Waals surface area contributed by atoms with Gasteiger partial charge >= 0.3 is 0 Å². The van der Waals surface area contributed by atoms with Crippen LogP contribution in [0, 0.1) is 5.92 Å². The van der Waals surface area contributed by atoms with Crippen LogP contribution in [-0.4, -0.2) is 37.4 Å². The van der Waals surface area contributed by atoms with Crippen molar-refractivity contribution in [2.24, 2.45) is 5.92 Å². The number of anilines is 2. The summed E-state index contributed by atoms with van der Waals surface area (Å²) in [6, 6.07) is 24.6. The Morgan fingerprint density at radius 2 is 1.67 bits per heavy atom. The van der Waals surface area contributed by atoms with Gasteiger partial charge in [-0.3, -0.25) is 14.4 Å². The van der Waals surface area contributed by atoms with Crippen LogP contribution in [0.2, 0.25) is 0 Å². The zero-order valence-corrected chi connectivity index (χ0v) is 20.4. The molecule has 3 amide bonds. The summed E-state index contributed by atoms with van der Waals surface area (Å²) in [4.78, 5) is 38.9. The molecule has 1 atom stereocenters. The summed E-state index contributed by atoms with van der Waals surface area (Å²) in [6.45, 7) is 2.84. The smallest absolute Gasteiger partial charge is 0.262 e. The number of ether oxygens (including phenoxy) is 1. The lowest BCUT2D eigenvalue weighted by Crippen LogP contribution is -2.34. The topological polar surface area (TPSA) is 87.7 Å². The molecule has 3 aromatic carbocycles. The van der Waals surface area contributed by atoms with E-state index in [0.717, 1.165) is 24.1 Å². The minimum Gasteiger partial charge on any atom is -0.484 e.